The summed E-state index contributed by atoms with van der Waals surface area (Å²) in [4.78, 5) is 36.0. The number of hydrogen-bond donors (Lipinski definition) is 5. The molecule has 0 unspecified atom stereocenters. The Morgan fingerprint density at radius 2 is 1.87 bits per heavy atom. The van der Waals surface area contributed by atoms with Crippen molar-refractivity contribution in [3.63, 3.8) is 0 Å². The highest BCUT2D eigenvalue weighted by Crippen LogP contribution is 2.31. The van der Waals surface area contributed by atoms with Gasteiger partial charge in [-0.15, -0.1) is 0 Å². The number of amides is 2. The molecule has 1 rings (SSSR count). The summed E-state index contributed by atoms with van der Waals surface area (Å²) in [7, 11) is 0. The second-order valence-electron chi connectivity index (χ2n) is 4.84. The number of carboxylic acids is 1. The molecular formula is C14H18N2O6S. The van der Waals surface area contributed by atoms with Crippen LogP contribution in [0.15, 0.2) is 18.2 Å². The van der Waals surface area contributed by atoms with Gasteiger partial charge in [0.05, 0.1) is 0 Å². The fourth-order valence-corrected chi connectivity index (χ4v) is 2.29. The number of benzene rings is 1. The van der Waals surface area contributed by atoms with E-state index in [2.05, 4.69) is 17.9 Å². The monoisotopic (exact) mass is 342 g/mol. The number of nitrogens with zero attached hydrogens (tertiary/aromatic N) is 1. The molecule has 23 heavy (non-hydrogen) atoms. The number of anilines is 1. The van der Waals surface area contributed by atoms with Gasteiger partial charge in [-0.05, 0) is 19.1 Å². The van der Waals surface area contributed by atoms with Gasteiger partial charge in [0.1, 0.15) is 12.1 Å². The number of nitrogens with one attached hydrogen (secondary N) is 1. The number of phenols is 2. The van der Waals surface area contributed by atoms with Crippen molar-refractivity contribution < 1.29 is 29.7 Å². The van der Waals surface area contributed by atoms with Crippen LogP contribution in [0.4, 0.5) is 5.69 Å². The molecule has 9 heteroatoms. The average molecular weight is 342 g/mol. The Morgan fingerprint density at radius 3 is 2.30 bits per heavy atom. The molecule has 0 bridgehead atoms. The van der Waals surface area contributed by atoms with Crippen LogP contribution in [-0.4, -0.2) is 50.9 Å². The van der Waals surface area contributed by atoms with E-state index in [1.54, 1.807) is 0 Å². The van der Waals surface area contributed by atoms with E-state index in [0.29, 0.717) is 0 Å². The van der Waals surface area contributed by atoms with Crippen LogP contribution in [0, 0.1) is 0 Å². The number of thiol groups is 1. The lowest BCUT2D eigenvalue weighted by Gasteiger charge is -2.30. The topological polar surface area (TPSA) is 127 Å². The minimum atomic E-state index is -1.31. The van der Waals surface area contributed by atoms with Crippen LogP contribution in [0.1, 0.15) is 13.8 Å². The number of aliphatic carboxylic acids is 1. The van der Waals surface area contributed by atoms with Gasteiger partial charge in [-0.25, -0.2) is 4.79 Å². The molecule has 126 valence electrons. The van der Waals surface area contributed by atoms with E-state index in [0.717, 1.165) is 17.0 Å². The van der Waals surface area contributed by atoms with Gasteiger partial charge in [-0.3, -0.25) is 14.5 Å². The molecule has 0 saturated heterocycles. The van der Waals surface area contributed by atoms with E-state index in [1.807, 2.05) is 0 Å². The Balaban J connectivity index is 3.30. The van der Waals surface area contributed by atoms with Gasteiger partial charge in [-0.2, -0.15) is 12.6 Å². The minimum absolute atomic E-state index is 0.0592. The molecule has 0 aliphatic carbocycles. The molecule has 0 radical (unpaired) electrons. The predicted octanol–water partition coefficient (Wildman–Crippen LogP) is 0.338. The van der Waals surface area contributed by atoms with Crippen LogP contribution in [0.2, 0.25) is 0 Å². The number of carboxylic acid groups (broad SMARTS) is 1. The SMILES string of the molecule is CC(=O)N[C@@H](C)C(=O)N(c1ccc(O)c(O)c1)[C@@H](CS)C(=O)O. The highest BCUT2D eigenvalue weighted by Gasteiger charge is 2.33. The van der Waals surface area contributed by atoms with Gasteiger partial charge >= 0.3 is 5.97 Å². The molecular weight excluding hydrogens is 324 g/mol. The number of aromatic hydroxyl groups is 2. The zero-order valence-corrected chi connectivity index (χ0v) is 13.4. The maximum Gasteiger partial charge on any atom is 0.327 e. The molecule has 1 aromatic carbocycles. The molecule has 1 aromatic rings. The summed E-state index contributed by atoms with van der Waals surface area (Å²) in [5.74, 6) is -3.53. The van der Waals surface area contributed by atoms with Gasteiger partial charge in [0.25, 0.3) is 0 Å². The highest BCUT2D eigenvalue weighted by molar-refractivity contribution is 7.80. The summed E-state index contributed by atoms with van der Waals surface area (Å²) in [5, 5.41) is 30.6. The smallest absolute Gasteiger partial charge is 0.327 e. The summed E-state index contributed by atoms with van der Waals surface area (Å²) in [6.45, 7) is 2.64. The number of phenolic OH excluding ortho intramolecular Hbond substituents is 2. The van der Waals surface area contributed by atoms with Crippen LogP contribution in [0.3, 0.4) is 0 Å². The predicted molar refractivity (Wildman–Crippen MR) is 85.8 cm³/mol. The maximum atomic E-state index is 12.5. The van der Waals surface area contributed by atoms with Crippen LogP contribution < -0.4 is 10.2 Å². The second kappa shape index (κ2) is 7.73. The van der Waals surface area contributed by atoms with Crippen molar-refractivity contribution >= 4 is 36.1 Å². The summed E-state index contributed by atoms with van der Waals surface area (Å²) < 4.78 is 0. The third-order valence-electron chi connectivity index (χ3n) is 3.03. The first-order valence-electron chi connectivity index (χ1n) is 6.64. The Kier molecular flexibility index (Phi) is 6.26. The Labute approximate surface area is 138 Å². The van der Waals surface area contributed by atoms with E-state index in [9.17, 15) is 29.7 Å². The number of hydrogen-bond acceptors (Lipinski definition) is 6. The summed E-state index contributed by atoms with van der Waals surface area (Å²) in [6, 6.07) is 1.18. The lowest BCUT2D eigenvalue weighted by atomic mass is 10.1. The van der Waals surface area contributed by atoms with E-state index in [-0.39, 0.29) is 11.4 Å². The molecule has 2 atom stereocenters. The van der Waals surface area contributed by atoms with Gasteiger partial charge in [0, 0.05) is 24.4 Å². The molecule has 0 aromatic heterocycles. The maximum absolute atomic E-state index is 12.5. The average Bonchev–Trinajstić information content (AvgIpc) is 2.45. The lowest BCUT2D eigenvalue weighted by Crippen LogP contribution is -2.53. The Bertz CT molecular complexity index is 621. The molecule has 0 fully saturated rings. The van der Waals surface area contributed by atoms with E-state index in [4.69, 9.17) is 0 Å². The summed E-state index contributed by atoms with van der Waals surface area (Å²) in [5.41, 5.74) is 0.0592. The third kappa shape index (κ3) is 4.52. The summed E-state index contributed by atoms with van der Waals surface area (Å²) >= 11 is 3.95. The molecule has 0 saturated carbocycles. The summed E-state index contributed by atoms with van der Waals surface area (Å²) in [6.07, 6.45) is 0. The van der Waals surface area contributed by atoms with Crippen LogP contribution in [-0.2, 0) is 14.4 Å². The van der Waals surface area contributed by atoms with Crippen molar-refractivity contribution in [1.82, 2.24) is 5.32 Å². The van der Waals surface area contributed by atoms with Gasteiger partial charge in [0.15, 0.2) is 11.5 Å². The van der Waals surface area contributed by atoms with Crippen LogP contribution in [0.5, 0.6) is 11.5 Å². The molecule has 4 N–H and O–H groups in total. The van der Waals surface area contributed by atoms with Gasteiger partial charge in [0.2, 0.25) is 11.8 Å². The fraction of sp³-hybridized carbons (Fsp3) is 0.357. The molecule has 0 spiro atoms. The van der Waals surface area contributed by atoms with Crippen molar-refractivity contribution in [2.75, 3.05) is 10.7 Å². The van der Waals surface area contributed by atoms with Crippen molar-refractivity contribution in [2.45, 2.75) is 25.9 Å². The van der Waals surface area contributed by atoms with E-state index in [1.165, 1.54) is 19.9 Å². The largest absolute Gasteiger partial charge is 0.504 e. The van der Waals surface area contributed by atoms with Crippen LogP contribution in [0.25, 0.3) is 0 Å². The molecule has 0 aliphatic heterocycles. The van der Waals surface area contributed by atoms with Gasteiger partial charge in [-0.1, -0.05) is 0 Å². The standard InChI is InChI=1S/C14H18N2O6S/c1-7(15-8(2)17)13(20)16(10(6-23)14(21)22)9-3-4-11(18)12(19)5-9/h3-5,7,10,18-19,23H,6H2,1-2H3,(H,15,17)(H,21,22)/t7-,10-/m0/s1. The minimum Gasteiger partial charge on any atom is -0.504 e. The lowest BCUT2D eigenvalue weighted by molar-refractivity contribution is -0.139. The Morgan fingerprint density at radius 1 is 1.26 bits per heavy atom. The van der Waals surface area contributed by atoms with Gasteiger partial charge < -0.3 is 20.6 Å². The van der Waals surface area contributed by atoms with Crippen molar-refractivity contribution in [3.05, 3.63) is 18.2 Å². The van der Waals surface area contributed by atoms with E-state index >= 15 is 0 Å². The third-order valence-corrected chi connectivity index (χ3v) is 3.38. The number of carbonyl (C=O) groups excluding carboxylic acids is 2. The highest BCUT2D eigenvalue weighted by atomic mass is 32.1. The molecule has 0 heterocycles. The first-order valence-corrected chi connectivity index (χ1v) is 7.28. The number of rotatable bonds is 6. The Hall–Kier alpha value is -2.42. The second-order valence-corrected chi connectivity index (χ2v) is 5.21. The fourth-order valence-electron chi connectivity index (χ4n) is 1.97. The molecule has 0 aliphatic rings. The number of carbonyl (C=O) groups is 3. The van der Waals surface area contributed by atoms with Crippen molar-refractivity contribution in [1.29, 1.82) is 0 Å². The zero-order chi connectivity index (χ0) is 17.7. The van der Waals surface area contributed by atoms with Crippen LogP contribution >= 0.6 is 12.6 Å². The van der Waals surface area contributed by atoms with Crippen molar-refractivity contribution in [3.8, 4) is 11.5 Å². The van der Waals surface area contributed by atoms with E-state index < -0.39 is 41.4 Å². The normalized spacial score (nSPS) is 13.0. The van der Waals surface area contributed by atoms with Crippen molar-refractivity contribution in [2.24, 2.45) is 0 Å². The first-order chi connectivity index (χ1) is 10.7. The first kappa shape index (κ1) is 18.6. The zero-order valence-electron chi connectivity index (χ0n) is 12.6. The quantitative estimate of drug-likeness (QED) is 0.375. The molecule has 2 amide bonds. The molecule has 8 nitrogen and oxygen atoms in total.